The van der Waals surface area contributed by atoms with Gasteiger partial charge in [0.05, 0.1) is 11.6 Å². The number of nitrogens with zero attached hydrogens (tertiary/aromatic N) is 2. The summed E-state index contributed by atoms with van der Waals surface area (Å²) >= 11 is 11.9. The maximum atomic E-state index is 12.2. The SMILES string of the molecule is CN(CC(=O)c1ccc(Cl)cc1Cl)Cc1ccncc1. The van der Waals surface area contributed by atoms with Gasteiger partial charge in [0.1, 0.15) is 0 Å². The van der Waals surface area contributed by atoms with Gasteiger partial charge in [-0.2, -0.15) is 0 Å². The lowest BCUT2D eigenvalue weighted by atomic mass is 10.1. The highest BCUT2D eigenvalue weighted by atomic mass is 35.5. The molecule has 1 aromatic carbocycles. The third-order valence-corrected chi connectivity index (χ3v) is 3.39. The van der Waals surface area contributed by atoms with Crippen molar-refractivity contribution in [3.05, 3.63) is 63.9 Å². The molecular formula is C15H14Cl2N2O. The number of hydrogen-bond donors (Lipinski definition) is 0. The number of pyridine rings is 1. The molecule has 0 unspecified atom stereocenters. The van der Waals surface area contributed by atoms with Crippen LogP contribution in [0.1, 0.15) is 15.9 Å². The molecule has 0 saturated carbocycles. The normalized spacial score (nSPS) is 10.8. The number of halogens is 2. The molecular weight excluding hydrogens is 295 g/mol. The Bertz CT molecular complexity index is 602. The number of Topliss-reactive ketones (excluding diaryl/α,β-unsaturated/α-hetero) is 1. The van der Waals surface area contributed by atoms with E-state index in [0.29, 0.717) is 28.7 Å². The van der Waals surface area contributed by atoms with Crippen LogP contribution in [-0.4, -0.2) is 29.3 Å². The number of aromatic nitrogens is 1. The van der Waals surface area contributed by atoms with Crippen molar-refractivity contribution >= 4 is 29.0 Å². The van der Waals surface area contributed by atoms with Crippen molar-refractivity contribution in [3.63, 3.8) is 0 Å². The van der Waals surface area contributed by atoms with Crippen molar-refractivity contribution < 1.29 is 4.79 Å². The van der Waals surface area contributed by atoms with Gasteiger partial charge in [-0.15, -0.1) is 0 Å². The summed E-state index contributed by atoms with van der Waals surface area (Å²) in [6.45, 7) is 0.975. The molecule has 5 heteroatoms. The van der Waals surface area contributed by atoms with Gasteiger partial charge >= 0.3 is 0 Å². The fourth-order valence-corrected chi connectivity index (χ4v) is 2.42. The summed E-state index contributed by atoms with van der Waals surface area (Å²) < 4.78 is 0. The van der Waals surface area contributed by atoms with Crippen LogP contribution in [0.25, 0.3) is 0 Å². The predicted molar refractivity (Wildman–Crippen MR) is 81.4 cm³/mol. The number of rotatable bonds is 5. The van der Waals surface area contributed by atoms with Gasteiger partial charge in [0.2, 0.25) is 0 Å². The summed E-state index contributed by atoms with van der Waals surface area (Å²) in [5.41, 5.74) is 1.61. The quantitative estimate of drug-likeness (QED) is 0.790. The minimum atomic E-state index is -0.0248. The molecule has 0 aliphatic heterocycles. The Kier molecular flexibility index (Phi) is 5.12. The number of hydrogen-bond acceptors (Lipinski definition) is 3. The van der Waals surface area contributed by atoms with E-state index in [2.05, 4.69) is 4.98 Å². The van der Waals surface area contributed by atoms with Gasteiger partial charge in [-0.25, -0.2) is 0 Å². The van der Waals surface area contributed by atoms with Crippen LogP contribution in [0, 0.1) is 0 Å². The Labute approximate surface area is 128 Å². The first-order valence-corrected chi connectivity index (χ1v) is 6.87. The van der Waals surface area contributed by atoms with Crippen LogP contribution in [0.2, 0.25) is 10.0 Å². The van der Waals surface area contributed by atoms with Crippen molar-refractivity contribution in [2.45, 2.75) is 6.54 Å². The molecule has 0 bridgehead atoms. The summed E-state index contributed by atoms with van der Waals surface area (Å²) in [6.07, 6.45) is 3.47. The largest absolute Gasteiger partial charge is 0.295 e. The van der Waals surface area contributed by atoms with Crippen molar-refractivity contribution in [1.82, 2.24) is 9.88 Å². The fraction of sp³-hybridized carbons (Fsp3) is 0.200. The van der Waals surface area contributed by atoms with Crippen LogP contribution in [0.4, 0.5) is 0 Å². The molecule has 0 spiro atoms. The van der Waals surface area contributed by atoms with Crippen molar-refractivity contribution in [1.29, 1.82) is 0 Å². The lowest BCUT2D eigenvalue weighted by molar-refractivity contribution is 0.0943. The first-order chi connectivity index (χ1) is 9.56. The molecule has 20 heavy (non-hydrogen) atoms. The van der Waals surface area contributed by atoms with E-state index in [-0.39, 0.29) is 5.78 Å². The molecule has 0 aliphatic rings. The number of benzene rings is 1. The van der Waals surface area contributed by atoms with Crippen LogP contribution in [0.15, 0.2) is 42.7 Å². The van der Waals surface area contributed by atoms with Gasteiger partial charge in [0, 0.05) is 29.5 Å². The number of carbonyl (C=O) groups excluding carboxylic acids is 1. The highest BCUT2D eigenvalue weighted by Gasteiger charge is 2.13. The average molecular weight is 309 g/mol. The van der Waals surface area contributed by atoms with Gasteiger partial charge in [0.25, 0.3) is 0 Å². The number of likely N-dealkylation sites (N-methyl/N-ethyl adjacent to an activating group) is 1. The van der Waals surface area contributed by atoms with Crippen LogP contribution in [0.5, 0.6) is 0 Å². The molecule has 0 N–H and O–H groups in total. The number of carbonyl (C=O) groups is 1. The molecule has 104 valence electrons. The second-order valence-corrected chi connectivity index (χ2v) is 5.42. The first kappa shape index (κ1) is 15.0. The summed E-state index contributed by atoms with van der Waals surface area (Å²) in [5, 5.41) is 0.913. The summed E-state index contributed by atoms with van der Waals surface area (Å²) in [6, 6.07) is 8.77. The molecule has 0 amide bonds. The Morgan fingerprint density at radius 1 is 1.20 bits per heavy atom. The standard InChI is InChI=1S/C15H14Cl2N2O/c1-19(9-11-4-6-18-7-5-11)10-15(20)13-3-2-12(16)8-14(13)17/h2-8H,9-10H2,1H3. The Balaban J connectivity index is 2.00. The van der Waals surface area contributed by atoms with Crippen molar-refractivity contribution in [2.24, 2.45) is 0 Å². The fourth-order valence-electron chi connectivity index (χ4n) is 1.90. The molecule has 0 fully saturated rings. The lowest BCUT2D eigenvalue weighted by Crippen LogP contribution is -2.25. The Morgan fingerprint density at radius 3 is 2.55 bits per heavy atom. The molecule has 2 aromatic rings. The second-order valence-electron chi connectivity index (χ2n) is 4.58. The molecule has 3 nitrogen and oxygen atoms in total. The van der Waals surface area contributed by atoms with E-state index in [9.17, 15) is 4.79 Å². The monoisotopic (exact) mass is 308 g/mol. The van der Waals surface area contributed by atoms with E-state index < -0.39 is 0 Å². The third-order valence-electron chi connectivity index (χ3n) is 2.85. The first-order valence-electron chi connectivity index (χ1n) is 6.12. The summed E-state index contributed by atoms with van der Waals surface area (Å²) in [5.74, 6) is -0.0248. The van der Waals surface area contributed by atoms with E-state index in [4.69, 9.17) is 23.2 Å². The second kappa shape index (κ2) is 6.84. The van der Waals surface area contributed by atoms with Gasteiger partial charge in [0.15, 0.2) is 5.78 Å². The number of ketones is 1. The van der Waals surface area contributed by atoms with Crippen molar-refractivity contribution in [3.8, 4) is 0 Å². The molecule has 2 rings (SSSR count). The van der Waals surface area contributed by atoms with Gasteiger partial charge in [-0.3, -0.25) is 14.7 Å². The zero-order valence-electron chi connectivity index (χ0n) is 11.0. The van der Waals surface area contributed by atoms with E-state index in [0.717, 1.165) is 5.56 Å². The molecule has 0 radical (unpaired) electrons. The molecule has 0 atom stereocenters. The van der Waals surface area contributed by atoms with E-state index >= 15 is 0 Å². The zero-order valence-corrected chi connectivity index (χ0v) is 12.5. The van der Waals surface area contributed by atoms with Crippen LogP contribution in [-0.2, 0) is 6.54 Å². The van der Waals surface area contributed by atoms with E-state index in [1.54, 1.807) is 30.6 Å². The molecule has 1 aromatic heterocycles. The van der Waals surface area contributed by atoms with Crippen LogP contribution < -0.4 is 0 Å². The maximum Gasteiger partial charge on any atom is 0.178 e. The summed E-state index contributed by atoms with van der Waals surface area (Å²) in [4.78, 5) is 18.1. The smallest absolute Gasteiger partial charge is 0.178 e. The summed E-state index contributed by atoms with van der Waals surface area (Å²) in [7, 11) is 1.89. The molecule has 0 aliphatic carbocycles. The average Bonchev–Trinajstić information content (AvgIpc) is 2.39. The Hall–Kier alpha value is -1.42. The molecule has 1 heterocycles. The maximum absolute atomic E-state index is 12.2. The van der Waals surface area contributed by atoms with E-state index in [1.165, 1.54) is 0 Å². The predicted octanol–water partition coefficient (Wildman–Crippen LogP) is 3.70. The van der Waals surface area contributed by atoms with Crippen LogP contribution >= 0.6 is 23.2 Å². The van der Waals surface area contributed by atoms with Gasteiger partial charge in [-0.1, -0.05) is 23.2 Å². The minimum Gasteiger partial charge on any atom is -0.295 e. The van der Waals surface area contributed by atoms with Crippen molar-refractivity contribution in [2.75, 3.05) is 13.6 Å². The topological polar surface area (TPSA) is 33.2 Å². The van der Waals surface area contributed by atoms with E-state index in [1.807, 2.05) is 24.1 Å². The molecule has 0 saturated heterocycles. The van der Waals surface area contributed by atoms with Gasteiger partial charge in [-0.05, 0) is 42.9 Å². The van der Waals surface area contributed by atoms with Gasteiger partial charge < -0.3 is 0 Å². The third kappa shape index (κ3) is 4.04. The van der Waals surface area contributed by atoms with Crippen LogP contribution in [0.3, 0.4) is 0 Å². The minimum absolute atomic E-state index is 0.0248. The highest BCUT2D eigenvalue weighted by molar-refractivity contribution is 6.36. The lowest BCUT2D eigenvalue weighted by Gasteiger charge is -2.16. The Morgan fingerprint density at radius 2 is 1.90 bits per heavy atom. The zero-order chi connectivity index (χ0) is 14.5. The highest BCUT2D eigenvalue weighted by Crippen LogP contribution is 2.21.